The van der Waals surface area contributed by atoms with E-state index in [9.17, 15) is 22.4 Å². The molecule has 0 aliphatic heterocycles. The standard InChI is InChI=1S/C22H26BrClFN3O4S/c1-14(2)26-22(30)15(3)27(12-16-5-7-17(23)8-6-16)21(29)13-28(33(4,31)32)18-9-10-20(25)19(24)11-18/h5-11,14-15H,12-13H2,1-4H3,(H,26,30)/t15-/m0/s1. The first-order chi connectivity index (χ1) is 15.3. The van der Waals surface area contributed by atoms with Gasteiger partial charge in [-0.3, -0.25) is 13.9 Å². The van der Waals surface area contributed by atoms with Crippen molar-refractivity contribution in [1.29, 1.82) is 0 Å². The molecule has 0 heterocycles. The molecule has 0 saturated carbocycles. The molecule has 0 saturated heterocycles. The van der Waals surface area contributed by atoms with Gasteiger partial charge in [0.05, 0.1) is 17.0 Å². The van der Waals surface area contributed by atoms with Crippen LogP contribution in [0.1, 0.15) is 26.3 Å². The topological polar surface area (TPSA) is 86.8 Å². The van der Waals surface area contributed by atoms with E-state index in [0.717, 1.165) is 32.7 Å². The first kappa shape index (κ1) is 27.1. The number of benzene rings is 2. The molecule has 1 atom stereocenters. The Bertz CT molecular complexity index is 1110. The first-order valence-corrected chi connectivity index (χ1v) is 13.1. The monoisotopic (exact) mass is 561 g/mol. The van der Waals surface area contributed by atoms with E-state index in [1.165, 1.54) is 11.0 Å². The SMILES string of the molecule is CC(C)NC(=O)[C@H](C)N(Cc1ccc(Br)cc1)C(=O)CN(c1ccc(F)c(Cl)c1)S(C)(=O)=O. The normalized spacial score (nSPS) is 12.4. The molecule has 0 bridgehead atoms. The van der Waals surface area contributed by atoms with Crippen LogP contribution in [0.2, 0.25) is 5.02 Å². The zero-order valence-electron chi connectivity index (χ0n) is 18.7. The highest BCUT2D eigenvalue weighted by Crippen LogP contribution is 2.25. The van der Waals surface area contributed by atoms with Crippen LogP contribution in [0.5, 0.6) is 0 Å². The molecule has 11 heteroatoms. The van der Waals surface area contributed by atoms with Crippen LogP contribution in [0.4, 0.5) is 10.1 Å². The lowest BCUT2D eigenvalue weighted by molar-refractivity contribution is -0.139. The molecule has 2 aromatic rings. The summed E-state index contributed by atoms with van der Waals surface area (Å²) in [5, 5.41) is 2.50. The van der Waals surface area contributed by atoms with Crippen LogP contribution in [0.15, 0.2) is 46.9 Å². The number of rotatable bonds is 9. The van der Waals surface area contributed by atoms with Gasteiger partial charge in [-0.1, -0.05) is 39.7 Å². The molecule has 1 N–H and O–H groups in total. The minimum absolute atomic E-state index is 0.0418. The number of hydrogen-bond donors (Lipinski definition) is 1. The Morgan fingerprint density at radius 1 is 1.12 bits per heavy atom. The fraction of sp³-hybridized carbons (Fsp3) is 0.364. The summed E-state index contributed by atoms with van der Waals surface area (Å²) in [7, 11) is -3.92. The van der Waals surface area contributed by atoms with Crippen molar-refractivity contribution >= 4 is 55.1 Å². The molecule has 0 spiro atoms. The highest BCUT2D eigenvalue weighted by atomic mass is 79.9. The molecule has 0 radical (unpaired) electrons. The van der Waals surface area contributed by atoms with Gasteiger partial charge in [0, 0.05) is 17.1 Å². The van der Waals surface area contributed by atoms with Gasteiger partial charge < -0.3 is 10.2 Å². The molecule has 2 amide bonds. The van der Waals surface area contributed by atoms with Crippen LogP contribution in [0.25, 0.3) is 0 Å². The van der Waals surface area contributed by atoms with E-state index in [0.29, 0.717) is 0 Å². The van der Waals surface area contributed by atoms with Crippen molar-refractivity contribution in [3.05, 3.63) is 63.3 Å². The van der Waals surface area contributed by atoms with Gasteiger partial charge in [0.15, 0.2) is 0 Å². The molecule has 180 valence electrons. The Labute approximate surface area is 207 Å². The Morgan fingerprint density at radius 3 is 2.24 bits per heavy atom. The maximum absolute atomic E-state index is 13.6. The summed E-state index contributed by atoms with van der Waals surface area (Å²) in [6, 6.07) is 9.58. The summed E-state index contributed by atoms with van der Waals surface area (Å²) in [5.41, 5.74) is 0.798. The quantitative estimate of drug-likeness (QED) is 0.501. The average Bonchev–Trinajstić information content (AvgIpc) is 2.71. The summed E-state index contributed by atoms with van der Waals surface area (Å²) in [6.07, 6.45) is 0.936. The van der Waals surface area contributed by atoms with Gasteiger partial charge >= 0.3 is 0 Å². The summed E-state index contributed by atoms with van der Waals surface area (Å²) in [4.78, 5) is 27.3. The van der Waals surface area contributed by atoms with E-state index >= 15 is 0 Å². The van der Waals surface area contributed by atoms with Crippen molar-refractivity contribution in [3.8, 4) is 0 Å². The molecular weight excluding hydrogens is 537 g/mol. The molecule has 2 aromatic carbocycles. The molecule has 0 aromatic heterocycles. The second kappa shape index (κ2) is 11.3. The number of sulfonamides is 1. The molecule has 0 unspecified atom stereocenters. The van der Waals surface area contributed by atoms with E-state index in [1.807, 2.05) is 0 Å². The number of nitrogens with one attached hydrogen (secondary N) is 1. The van der Waals surface area contributed by atoms with Crippen molar-refractivity contribution in [2.75, 3.05) is 17.1 Å². The van der Waals surface area contributed by atoms with Gasteiger partial charge in [0.2, 0.25) is 21.8 Å². The lowest BCUT2D eigenvalue weighted by Crippen LogP contribution is -2.52. The number of amides is 2. The third-order valence-corrected chi connectivity index (χ3v) is 6.69. The van der Waals surface area contributed by atoms with E-state index in [1.54, 1.807) is 45.0 Å². The van der Waals surface area contributed by atoms with Gasteiger partial charge in [-0.2, -0.15) is 0 Å². The van der Waals surface area contributed by atoms with E-state index < -0.39 is 34.3 Å². The summed E-state index contributed by atoms with van der Waals surface area (Å²) in [5.74, 6) is -1.68. The van der Waals surface area contributed by atoms with Crippen molar-refractivity contribution in [3.63, 3.8) is 0 Å². The third kappa shape index (κ3) is 7.68. The van der Waals surface area contributed by atoms with Gasteiger partial charge in [0.1, 0.15) is 18.4 Å². The minimum atomic E-state index is -3.92. The van der Waals surface area contributed by atoms with Gasteiger partial charge in [-0.25, -0.2) is 12.8 Å². The fourth-order valence-corrected chi connectivity index (χ4v) is 4.31. The van der Waals surface area contributed by atoms with Crippen molar-refractivity contribution < 1.29 is 22.4 Å². The Balaban J connectivity index is 2.40. The fourth-order valence-electron chi connectivity index (χ4n) is 3.03. The number of carbonyl (C=O) groups is 2. The predicted octanol–water partition coefficient (Wildman–Crippen LogP) is 3.95. The van der Waals surface area contributed by atoms with Crippen molar-refractivity contribution in [2.24, 2.45) is 0 Å². The molecule has 7 nitrogen and oxygen atoms in total. The highest BCUT2D eigenvalue weighted by Gasteiger charge is 2.30. The molecular formula is C22H26BrClFN3O4S. The zero-order chi connectivity index (χ0) is 24.9. The van der Waals surface area contributed by atoms with Crippen LogP contribution in [0, 0.1) is 5.82 Å². The highest BCUT2D eigenvalue weighted by molar-refractivity contribution is 9.10. The van der Waals surface area contributed by atoms with Crippen molar-refractivity contribution in [1.82, 2.24) is 10.2 Å². The van der Waals surface area contributed by atoms with Gasteiger partial charge in [-0.05, 0) is 56.7 Å². The van der Waals surface area contributed by atoms with Crippen LogP contribution >= 0.6 is 27.5 Å². The molecule has 0 aliphatic carbocycles. The second-order valence-corrected chi connectivity index (χ2v) is 11.1. The number of carbonyl (C=O) groups excluding carboxylic acids is 2. The third-order valence-electron chi connectivity index (χ3n) is 4.73. The largest absolute Gasteiger partial charge is 0.352 e. The predicted molar refractivity (Wildman–Crippen MR) is 131 cm³/mol. The molecule has 0 aliphatic rings. The number of nitrogens with zero attached hydrogens (tertiary/aromatic N) is 2. The summed E-state index contributed by atoms with van der Waals surface area (Å²) >= 11 is 9.17. The Kier molecular flexibility index (Phi) is 9.28. The summed E-state index contributed by atoms with van der Waals surface area (Å²) in [6.45, 7) is 4.68. The van der Waals surface area contributed by atoms with E-state index in [2.05, 4.69) is 21.2 Å². The first-order valence-electron chi connectivity index (χ1n) is 10.1. The van der Waals surface area contributed by atoms with E-state index in [4.69, 9.17) is 11.6 Å². The van der Waals surface area contributed by atoms with Crippen LogP contribution in [-0.4, -0.2) is 50.0 Å². The van der Waals surface area contributed by atoms with Crippen molar-refractivity contribution in [2.45, 2.75) is 39.4 Å². The Morgan fingerprint density at radius 2 is 1.73 bits per heavy atom. The second-order valence-electron chi connectivity index (χ2n) is 7.86. The lowest BCUT2D eigenvalue weighted by Gasteiger charge is -2.32. The maximum atomic E-state index is 13.6. The van der Waals surface area contributed by atoms with Gasteiger partial charge in [0.25, 0.3) is 0 Å². The number of hydrogen-bond acceptors (Lipinski definition) is 4. The lowest BCUT2D eigenvalue weighted by atomic mass is 10.1. The van der Waals surface area contributed by atoms with Crippen LogP contribution in [-0.2, 0) is 26.2 Å². The van der Waals surface area contributed by atoms with E-state index in [-0.39, 0.29) is 29.2 Å². The average molecular weight is 563 g/mol. The Hall–Kier alpha value is -2.17. The van der Waals surface area contributed by atoms with Gasteiger partial charge in [-0.15, -0.1) is 0 Å². The van der Waals surface area contributed by atoms with Crippen LogP contribution in [0.3, 0.4) is 0 Å². The maximum Gasteiger partial charge on any atom is 0.244 e. The summed E-state index contributed by atoms with van der Waals surface area (Å²) < 4.78 is 40.2. The zero-order valence-corrected chi connectivity index (χ0v) is 21.8. The van der Waals surface area contributed by atoms with Crippen LogP contribution < -0.4 is 9.62 Å². The number of anilines is 1. The molecule has 2 rings (SSSR count). The number of halogens is 3. The smallest absolute Gasteiger partial charge is 0.244 e. The minimum Gasteiger partial charge on any atom is -0.352 e. The molecule has 0 fully saturated rings. The molecule has 33 heavy (non-hydrogen) atoms.